The second-order valence-electron chi connectivity index (χ2n) is 4.49. The molecular weight excluding hydrogens is 298 g/mol. The lowest BCUT2D eigenvalue weighted by atomic mass is 10.2. The lowest BCUT2D eigenvalue weighted by Gasteiger charge is -2.07. The van der Waals surface area contributed by atoms with Gasteiger partial charge in [0.15, 0.2) is 5.57 Å². The number of nitriles is 1. The molecule has 7 nitrogen and oxygen atoms in total. The van der Waals surface area contributed by atoms with Gasteiger partial charge in [-0.05, 0) is 24.6 Å². The van der Waals surface area contributed by atoms with E-state index in [-0.39, 0.29) is 11.5 Å². The van der Waals surface area contributed by atoms with Crippen molar-refractivity contribution < 1.29 is 19.1 Å². The topological polar surface area (TPSA) is 100 Å². The molecule has 23 heavy (non-hydrogen) atoms. The Balaban J connectivity index is 2.69. The lowest BCUT2D eigenvalue weighted by molar-refractivity contribution is -0.135. The zero-order valence-corrected chi connectivity index (χ0v) is 13.1. The average molecular weight is 317 g/mol. The third-order valence-corrected chi connectivity index (χ3v) is 2.84. The number of amides is 1. The van der Waals surface area contributed by atoms with Gasteiger partial charge in [-0.25, -0.2) is 4.79 Å². The molecule has 0 aliphatic rings. The highest BCUT2D eigenvalue weighted by Gasteiger charge is 2.09. The van der Waals surface area contributed by atoms with Crippen LogP contribution in [0.3, 0.4) is 0 Å². The summed E-state index contributed by atoms with van der Waals surface area (Å²) in [7, 11) is 2.80. The minimum Gasteiger partial charge on any atom is -0.465 e. The molecule has 0 radical (unpaired) electrons. The van der Waals surface area contributed by atoms with Crippen LogP contribution in [0, 0.1) is 11.3 Å². The number of nitrogens with zero attached hydrogens (tertiary/aromatic N) is 1. The van der Waals surface area contributed by atoms with Crippen molar-refractivity contribution in [2.45, 2.75) is 6.42 Å². The van der Waals surface area contributed by atoms with Crippen LogP contribution in [0.4, 0.5) is 5.69 Å². The van der Waals surface area contributed by atoms with Gasteiger partial charge in [0.2, 0.25) is 0 Å². The van der Waals surface area contributed by atoms with Crippen molar-refractivity contribution in [2.24, 2.45) is 0 Å². The molecule has 1 amide bonds. The Morgan fingerprint density at radius 2 is 2.13 bits per heavy atom. The maximum Gasteiger partial charge on any atom is 0.350 e. The summed E-state index contributed by atoms with van der Waals surface area (Å²) in [5.74, 6) is -0.936. The van der Waals surface area contributed by atoms with Gasteiger partial charge in [0.25, 0.3) is 5.91 Å². The van der Waals surface area contributed by atoms with E-state index in [0.717, 1.165) is 6.42 Å². The fourth-order valence-electron chi connectivity index (χ4n) is 1.67. The lowest BCUT2D eigenvalue weighted by Crippen LogP contribution is -2.25. The highest BCUT2D eigenvalue weighted by Crippen LogP contribution is 2.11. The van der Waals surface area contributed by atoms with Crippen LogP contribution in [0.1, 0.15) is 16.8 Å². The highest BCUT2D eigenvalue weighted by molar-refractivity contribution is 5.95. The van der Waals surface area contributed by atoms with Crippen LogP contribution in [0.25, 0.3) is 0 Å². The standard InChI is InChI=1S/C16H19N3O4/c1-22-8-4-7-18-15(20)12-5-3-6-14(9-12)19-11-13(10-17)16(21)23-2/h3,5-6,9,11,19H,4,7-8H2,1-2H3,(H,18,20)/b13-11-. The minimum atomic E-state index is -0.730. The first-order valence-electron chi connectivity index (χ1n) is 6.94. The van der Waals surface area contributed by atoms with Gasteiger partial charge in [-0.2, -0.15) is 5.26 Å². The Kier molecular flexibility index (Phi) is 7.89. The van der Waals surface area contributed by atoms with Gasteiger partial charge in [-0.1, -0.05) is 6.07 Å². The monoisotopic (exact) mass is 317 g/mol. The molecule has 0 fully saturated rings. The number of esters is 1. The molecule has 0 heterocycles. The van der Waals surface area contributed by atoms with Crippen LogP contribution in [-0.2, 0) is 14.3 Å². The van der Waals surface area contributed by atoms with E-state index < -0.39 is 5.97 Å². The summed E-state index contributed by atoms with van der Waals surface area (Å²) in [4.78, 5) is 23.3. The molecule has 0 spiro atoms. The summed E-state index contributed by atoms with van der Waals surface area (Å²) in [6.45, 7) is 1.10. The number of ether oxygens (including phenoxy) is 2. The molecule has 1 aromatic rings. The van der Waals surface area contributed by atoms with Crippen molar-refractivity contribution in [3.63, 3.8) is 0 Å². The minimum absolute atomic E-state index is 0.165. The summed E-state index contributed by atoms with van der Waals surface area (Å²) >= 11 is 0. The van der Waals surface area contributed by atoms with Crippen LogP contribution < -0.4 is 10.6 Å². The van der Waals surface area contributed by atoms with Crippen LogP contribution in [0.2, 0.25) is 0 Å². The van der Waals surface area contributed by atoms with Gasteiger partial charge >= 0.3 is 5.97 Å². The van der Waals surface area contributed by atoms with Gasteiger partial charge in [0.05, 0.1) is 7.11 Å². The van der Waals surface area contributed by atoms with Crippen molar-refractivity contribution >= 4 is 17.6 Å². The molecule has 0 aliphatic heterocycles. The van der Waals surface area contributed by atoms with Crippen molar-refractivity contribution in [3.8, 4) is 6.07 Å². The molecule has 0 saturated heterocycles. The SMILES string of the molecule is COCCCNC(=O)c1cccc(N/C=C(/C#N)C(=O)OC)c1. The van der Waals surface area contributed by atoms with Crippen molar-refractivity contribution in [1.29, 1.82) is 5.26 Å². The number of methoxy groups -OCH3 is 2. The van der Waals surface area contributed by atoms with E-state index in [1.165, 1.54) is 13.3 Å². The normalized spacial score (nSPS) is 10.6. The molecule has 122 valence electrons. The molecule has 0 bridgehead atoms. The first kappa shape index (κ1) is 18.2. The predicted octanol–water partition coefficient (Wildman–Crippen LogP) is 1.45. The van der Waals surface area contributed by atoms with Gasteiger partial charge in [0.1, 0.15) is 6.07 Å². The van der Waals surface area contributed by atoms with Crippen LogP contribution >= 0.6 is 0 Å². The molecule has 0 aliphatic carbocycles. The quantitative estimate of drug-likeness (QED) is 0.326. The maximum atomic E-state index is 12.0. The fraction of sp³-hybridized carbons (Fsp3) is 0.312. The van der Waals surface area contributed by atoms with Crippen LogP contribution in [0.5, 0.6) is 0 Å². The molecule has 0 saturated carbocycles. The number of carbonyl (C=O) groups excluding carboxylic acids is 2. The number of rotatable bonds is 8. The van der Waals surface area contributed by atoms with E-state index in [1.807, 2.05) is 0 Å². The third kappa shape index (κ3) is 6.20. The third-order valence-electron chi connectivity index (χ3n) is 2.84. The molecular formula is C16H19N3O4. The maximum absolute atomic E-state index is 12.0. The Morgan fingerprint density at radius 3 is 2.78 bits per heavy atom. The van der Waals surface area contributed by atoms with E-state index >= 15 is 0 Å². The Labute approximate surface area is 134 Å². The van der Waals surface area contributed by atoms with Gasteiger partial charge in [0, 0.05) is 37.7 Å². The smallest absolute Gasteiger partial charge is 0.350 e. The summed E-state index contributed by atoms with van der Waals surface area (Å²) in [6, 6.07) is 8.44. The number of hydrogen-bond donors (Lipinski definition) is 2. The number of hydrogen-bond acceptors (Lipinski definition) is 6. The number of carbonyl (C=O) groups is 2. The van der Waals surface area contributed by atoms with E-state index in [1.54, 1.807) is 37.4 Å². The van der Waals surface area contributed by atoms with E-state index in [2.05, 4.69) is 15.4 Å². The predicted molar refractivity (Wildman–Crippen MR) is 84.6 cm³/mol. The van der Waals surface area contributed by atoms with E-state index in [4.69, 9.17) is 10.00 Å². The molecule has 7 heteroatoms. The zero-order chi connectivity index (χ0) is 17.1. The van der Waals surface area contributed by atoms with Crippen LogP contribution in [-0.4, -0.2) is 39.2 Å². The largest absolute Gasteiger partial charge is 0.465 e. The average Bonchev–Trinajstić information content (AvgIpc) is 2.59. The van der Waals surface area contributed by atoms with Gasteiger partial charge < -0.3 is 20.1 Å². The number of anilines is 1. The van der Waals surface area contributed by atoms with Crippen molar-refractivity contribution in [3.05, 3.63) is 41.6 Å². The first-order chi connectivity index (χ1) is 11.1. The Bertz CT molecular complexity index is 620. The second-order valence-corrected chi connectivity index (χ2v) is 4.49. The van der Waals surface area contributed by atoms with E-state index in [0.29, 0.717) is 24.4 Å². The summed E-state index contributed by atoms with van der Waals surface area (Å²) in [5.41, 5.74) is 0.880. The molecule has 1 rings (SSSR count). The fourth-order valence-corrected chi connectivity index (χ4v) is 1.67. The number of nitrogens with one attached hydrogen (secondary N) is 2. The summed E-state index contributed by atoms with van der Waals surface area (Å²) in [5, 5.41) is 14.4. The Morgan fingerprint density at radius 1 is 1.35 bits per heavy atom. The van der Waals surface area contributed by atoms with Crippen molar-refractivity contribution in [1.82, 2.24) is 5.32 Å². The number of benzene rings is 1. The highest BCUT2D eigenvalue weighted by atomic mass is 16.5. The molecule has 1 aromatic carbocycles. The first-order valence-corrected chi connectivity index (χ1v) is 6.94. The van der Waals surface area contributed by atoms with Gasteiger partial charge in [-0.3, -0.25) is 4.79 Å². The summed E-state index contributed by atoms with van der Waals surface area (Å²) < 4.78 is 9.38. The second kappa shape index (κ2) is 9.97. The zero-order valence-electron chi connectivity index (χ0n) is 13.1. The summed E-state index contributed by atoms with van der Waals surface area (Å²) in [6.07, 6.45) is 1.97. The Hall–Kier alpha value is -2.85. The van der Waals surface area contributed by atoms with Crippen molar-refractivity contribution in [2.75, 3.05) is 32.7 Å². The van der Waals surface area contributed by atoms with E-state index in [9.17, 15) is 9.59 Å². The molecule has 0 aromatic heterocycles. The molecule has 0 unspecified atom stereocenters. The molecule has 2 N–H and O–H groups in total. The van der Waals surface area contributed by atoms with Gasteiger partial charge in [-0.15, -0.1) is 0 Å². The van der Waals surface area contributed by atoms with Crippen LogP contribution in [0.15, 0.2) is 36.0 Å². The molecule has 0 atom stereocenters.